The first-order chi connectivity index (χ1) is 18.5. The van der Waals surface area contributed by atoms with Crippen molar-refractivity contribution in [1.29, 1.82) is 0 Å². The van der Waals surface area contributed by atoms with Crippen LogP contribution >= 0.6 is 34.8 Å². The van der Waals surface area contributed by atoms with Gasteiger partial charge in [-0.3, -0.25) is 13.9 Å². The first-order valence-electron chi connectivity index (χ1n) is 12.8. The number of ether oxygens (including phenoxy) is 1. The number of rotatable bonds is 11. The average Bonchev–Trinajstić information content (AvgIpc) is 2.88. The van der Waals surface area contributed by atoms with Crippen molar-refractivity contribution in [1.82, 2.24) is 10.2 Å². The van der Waals surface area contributed by atoms with Gasteiger partial charge in [0.15, 0.2) is 0 Å². The number of hydrogen-bond donors (Lipinski definition) is 1. The predicted molar refractivity (Wildman–Crippen MR) is 156 cm³/mol. The molecule has 0 spiro atoms. The van der Waals surface area contributed by atoms with Crippen LogP contribution in [0.1, 0.15) is 51.0 Å². The number of nitrogens with one attached hydrogen (secondary N) is 1. The number of halogens is 3. The molecule has 214 valence electrons. The number of nitrogens with zero attached hydrogens (tertiary/aromatic N) is 2. The molecular weight excluding hydrogens is 585 g/mol. The fourth-order valence-electron chi connectivity index (χ4n) is 4.77. The summed E-state index contributed by atoms with van der Waals surface area (Å²) in [6.07, 6.45) is 6.24. The number of methoxy groups -OCH3 is 1. The molecule has 3 rings (SSSR count). The number of benzene rings is 2. The Morgan fingerprint density at radius 3 is 2.28 bits per heavy atom. The van der Waals surface area contributed by atoms with E-state index < -0.39 is 28.5 Å². The van der Waals surface area contributed by atoms with E-state index in [2.05, 4.69) is 5.32 Å². The van der Waals surface area contributed by atoms with Gasteiger partial charge < -0.3 is 15.0 Å². The summed E-state index contributed by atoms with van der Waals surface area (Å²) >= 11 is 19.0. The minimum atomic E-state index is -3.97. The topological polar surface area (TPSA) is 96.0 Å². The van der Waals surface area contributed by atoms with E-state index in [4.69, 9.17) is 39.5 Å². The average molecular weight is 619 g/mol. The maximum atomic E-state index is 14.0. The number of carbonyl (C=O) groups is 2. The molecule has 0 radical (unpaired) electrons. The zero-order valence-electron chi connectivity index (χ0n) is 22.3. The Kier molecular flexibility index (Phi) is 11.2. The molecule has 0 aliphatic heterocycles. The van der Waals surface area contributed by atoms with E-state index in [0.717, 1.165) is 42.7 Å². The highest BCUT2D eigenvalue weighted by atomic mass is 35.5. The number of hydrogen-bond acceptors (Lipinski definition) is 5. The van der Waals surface area contributed by atoms with E-state index in [1.807, 2.05) is 0 Å². The van der Waals surface area contributed by atoms with Gasteiger partial charge in [-0.1, -0.05) is 67.1 Å². The van der Waals surface area contributed by atoms with Gasteiger partial charge in [0.25, 0.3) is 0 Å². The molecule has 0 saturated heterocycles. The van der Waals surface area contributed by atoms with Crippen molar-refractivity contribution in [3.05, 3.63) is 57.0 Å². The third kappa shape index (κ3) is 8.16. The van der Waals surface area contributed by atoms with Crippen LogP contribution in [0.4, 0.5) is 5.69 Å². The lowest BCUT2D eigenvalue weighted by Gasteiger charge is -2.34. The molecule has 2 amide bonds. The van der Waals surface area contributed by atoms with Crippen LogP contribution in [0.3, 0.4) is 0 Å². The maximum Gasteiger partial charge on any atom is 0.244 e. The molecule has 1 aliphatic rings. The monoisotopic (exact) mass is 617 g/mol. The highest BCUT2D eigenvalue weighted by Crippen LogP contribution is 2.33. The van der Waals surface area contributed by atoms with Crippen molar-refractivity contribution in [2.24, 2.45) is 0 Å². The molecular formula is C27H34Cl3N3O5S. The zero-order valence-corrected chi connectivity index (χ0v) is 25.3. The van der Waals surface area contributed by atoms with Crippen LogP contribution in [0.25, 0.3) is 0 Å². The summed E-state index contributed by atoms with van der Waals surface area (Å²) < 4.78 is 32.1. The zero-order chi connectivity index (χ0) is 28.7. The molecule has 1 atom stereocenters. The van der Waals surface area contributed by atoms with Gasteiger partial charge in [-0.2, -0.15) is 0 Å². The fraction of sp³-hybridized carbons (Fsp3) is 0.481. The molecule has 0 bridgehead atoms. The largest absolute Gasteiger partial charge is 0.495 e. The maximum absolute atomic E-state index is 14.0. The Labute approximate surface area is 245 Å². The SMILES string of the molecule is CC[C@@H](C(=O)NC1CCCCC1)N(Cc1c(Cl)cccc1Cl)C(=O)CN(c1cc(Cl)ccc1OC)S(C)(=O)=O. The summed E-state index contributed by atoms with van der Waals surface area (Å²) in [7, 11) is -2.57. The molecule has 1 saturated carbocycles. The van der Waals surface area contributed by atoms with Crippen molar-refractivity contribution in [3.63, 3.8) is 0 Å². The van der Waals surface area contributed by atoms with Gasteiger partial charge in [0.2, 0.25) is 21.8 Å². The highest BCUT2D eigenvalue weighted by Gasteiger charge is 2.34. The summed E-state index contributed by atoms with van der Waals surface area (Å²) in [5.41, 5.74) is 0.570. The summed E-state index contributed by atoms with van der Waals surface area (Å²) in [6, 6.07) is 8.62. The van der Waals surface area contributed by atoms with E-state index in [0.29, 0.717) is 22.0 Å². The van der Waals surface area contributed by atoms with Crippen molar-refractivity contribution < 1.29 is 22.7 Å². The second-order valence-electron chi connectivity index (χ2n) is 9.58. The third-order valence-electron chi connectivity index (χ3n) is 6.82. The summed E-state index contributed by atoms with van der Waals surface area (Å²) in [6.45, 7) is 1.12. The van der Waals surface area contributed by atoms with Crippen molar-refractivity contribution in [2.45, 2.75) is 64.1 Å². The lowest BCUT2D eigenvalue weighted by Crippen LogP contribution is -2.54. The fourth-order valence-corrected chi connectivity index (χ4v) is 6.30. The van der Waals surface area contributed by atoms with Gasteiger partial charge in [0.05, 0.1) is 19.1 Å². The molecule has 0 unspecified atom stereocenters. The Morgan fingerprint density at radius 1 is 1.08 bits per heavy atom. The lowest BCUT2D eigenvalue weighted by atomic mass is 9.95. The van der Waals surface area contributed by atoms with E-state index in [1.54, 1.807) is 31.2 Å². The molecule has 2 aromatic carbocycles. The highest BCUT2D eigenvalue weighted by molar-refractivity contribution is 7.92. The van der Waals surface area contributed by atoms with Crippen LogP contribution < -0.4 is 14.4 Å². The second kappa shape index (κ2) is 13.9. The minimum absolute atomic E-state index is 0.0318. The normalized spacial score (nSPS) is 14.9. The molecule has 0 aromatic heterocycles. The van der Waals surface area contributed by atoms with Crippen LogP contribution in [-0.2, 0) is 26.2 Å². The summed E-state index contributed by atoms with van der Waals surface area (Å²) in [4.78, 5) is 28.8. The van der Waals surface area contributed by atoms with Crippen molar-refractivity contribution in [2.75, 3.05) is 24.2 Å². The Morgan fingerprint density at radius 2 is 1.72 bits per heavy atom. The number of carbonyl (C=O) groups excluding carboxylic acids is 2. The predicted octanol–water partition coefficient (Wildman–Crippen LogP) is 5.68. The molecule has 1 N–H and O–H groups in total. The van der Waals surface area contributed by atoms with Crippen LogP contribution in [0.15, 0.2) is 36.4 Å². The quantitative estimate of drug-likeness (QED) is 0.350. The molecule has 0 heterocycles. The van der Waals surface area contributed by atoms with Gasteiger partial charge in [-0.15, -0.1) is 0 Å². The van der Waals surface area contributed by atoms with Crippen LogP contribution in [0.5, 0.6) is 5.75 Å². The Bertz CT molecular complexity index is 1270. The molecule has 39 heavy (non-hydrogen) atoms. The van der Waals surface area contributed by atoms with E-state index in [-0.39, 0.29) is 35.0 Å². The van der Waals surface area contributed by atoms with Gasteiger partial charge in [0, 0.05) is 33.2 Å². The van der Waals surface area contributed by atoms with Gasteiger partial charge in [-0.25, -0.2) is 8.42 Å². The first-order valence-corrected chi connectivity index (χ1v) is 15.8. The van der Waals surface area contributed by atoms with Crippen LogP contribution in [0.2, 0.25) is 15.1 Å². The summed E-state index contributed by atoms with van der Waals surface area (Å²) in [5, 5.41) is 4.03. The molecule has 1 fully saturated rings. The van der Waals surface area contributed by atoms with E-state index >= 15 is 0 Å². The number of anilines is 1. The van der Waals surface area contributed by atoms with Gasteiger partial charge in [0.1, 0.15) is 18.3 Å². The lowest BCUT2D eigenvalue weighted by molar-refractivity contribution is -0.140. The van der Waals surface area contributed by atoms with Crippen LogP contribution in [-0.4, -0.2) is 57.1 Å². The smallest absolute Gasteiger partial charge is 0.244 e. The van der Waals surface area contributed by atoms with Gasteiger partial charge in [-0.05, 0) is 49.6 Å². The second-order valence-corrected chi connectivity index (χ2v) is 12.7. The molecule has 8 nitrogen and oxygen atoms in total. The van der Waals surface area contributed by atoms with Crippen LogP contribution in [0, 0.1) is 0 Å². The molecule has 12 heteroatoms. The Balaban J connectivity index is 2.01. The van der Waals surface area contributed by atoms with Gasteiger partial charge >= 0.3 is 0 Å². The van der Waals surface area contributed by atoms with Crippen molar-refractivity contribution in [3.8, 4) is 5.75 Å². The number of amides is 2. The molecule has 1 aliphatic carbocycles. The summed E-state index contributed by atoms with van der Waals surface area (Å²) in [5.74, 6) is -0.684. The minimum Gasteiger partial charge on any atom is -0.495 e. The first kappa shape index (κ1) is 31.3. The third-order valence-corrected chi connectivity index (χ3v) is 8.89. The van der Waals surface area contributed by atoms with E-state index in [9.17, 15) is 18.0 Å². The molecule has 2 aromatic rings. The van der Waals surface area contributed by atoms with Crippen molar-refractivity contribution >= 4 is 62.3 Å². The van der Waals surface area contributed by atoms with E-state index in [1.165, 1.54) is 24.1 Å². The number of sulfonamides is 1. The Hall–Kier alpha value is -2.20. The standard InChI is InChI=1S/C27H34Cl3N3O5S/c1-4-23(27(35)31-19-9-6-5-7-10-19)32(16-20-21(29)11-8-12-22(20)30)26(34)17-33(39(3,36)37)24-15-18(28)13-14-25(24)38-2/h8,11-15,19,23H,4-7,9-10,16-17H2,1-3H3,(H,31,35)/t23-/m0/s1.